The molecule has 3 aromatic rings. The van der Waals surface area contributed by atoms with Crippen LogP contribution < -0.4 is 14.8 Å². The fraction of sp³-hybridized carbons (Fsp3) is 0.190. The number of furan rings is 1. The first-order chi connectivity index (χ1) is 13.2. The first-order valence-electron chi connectivity index (χ1n) is 8.53. The summed E-state index contributed by atoms with van der Waals surface area (Å²) in [6.07, 6.45) is 1.67. The second-order valence-corrected chi connectivity index (χ2v) is 6.33. The summed E-state index contributed by atoms with van der Waals surface area (Å²) >= 11 is 5.66. The van der Waals surface area contributed by atoms with Gasteiger partial charge in [0.15, 0.2) is 5.11 Å². The van der Waals surface area contributed by atoms with Crippen LogP contribution in [0.25, 0.3) is 0 Å². The molecule has 140 valence electrons. The van der Waals surface area contributed by atoms with Crippen LogP contribution in [0.3, 0.4) is 0 Å². The maximum absolute atomic E-state index is 5.66. The maximum atomic E-state index is 5.66. The smallest absolute Gasteiger partial charge is 0.174 e. The molecule has 0 amide bonds. The molecule has 1 aromatic heterocycles. The highest BCUT2D eigenvalue weighted by Gasteiger charge is 2.13. The van der Waals surface area contributed by atoms with Crippen LogP contribution in [0.1, 0.15) is 11.3 Å². The van der Waals surface area contributed by atoms with Gasteiger partial charge in [0.25, 0.3) is 0 Å². The highest BCUT2D eigenvalue weighted by Crippen LogP contribution is 2.18. The van der Waals surface area contributed by atoms with Gasteiger partial charge in [-0.15, -0.1) is 0 Å². The van der Waals surface area contributed by atoms with Gasteiger partial charge >= 0.3 is 0 Å². The third-order valence-electron chi connectivity index (χ3n) is 4.09. The fourth-order valence-corrected chi connectivity index (χ4v) is 2.87. The fourth-order valence-electron chi connectivity index (χ4n) is 2.62. The van der Waals surface area contributed by atoms with E-state index in [0.29, 0.717) is 18.2 Å². The van der Waals surface area contributed by atoms with Gasteiger partial charge in [-0.1, -0.05) is 12.1 Å². The van der Waals surface area contributed by atoms with Crippen LogP contribution in [0.5, 0.6) is 11.5 Å². The second kappa shape index (κ2) is 9.09. The van der Waals surface area contributed by atoms with E-state index in [9.17, 15) is 0 Å². The highest BCUT2D eigenvalue weighted by molar-refractivity contribution is 7.80. The minimum atomic E-state index is 0.570. The van der Waals surface area contributed by atoms with Crippen molar-refractivity contribution in [3.05, 3.63) is 78.3 Å². The quantitative estimate of drug-likeness (QED) is 0.598. The molecule has 3 rings (SSSR count). The molecule has 0 unspecified atom stereocenters. The van der Waals surface area contributed by atoms with Gasteiger partial charge in [0, 0.05) is 12.2 Å². The molecule has 6 heteroatoms. The first-order valence-corrected chi connectivity index (χ1v) is 8.94. The third kappa shape index (κ3) is 5.24. The van der Waals surface area contributed by atoms with Crippen LogP contribution >= 0.6 is 12.2 Å². The molecular formula is C21H22N2O3S. The van der Waals surface area contributed by atoms with Gasteiger partial charge in [-0.3, -0.25) is 0 Å². The van der Waals surface area contributed by atoms with E-state index in [4.69, 9.17) is 26.1 Å². The molecule has 0 spiro atoms. The molecule has 0 fully saturated rings. The molecule has 1 heterocycles. The Hall–Kier alpha value is -2.99. The zero-order valence-corrected chi connectivity index (χ0v) is 16.2. The Labute approximate surface area is 164 Å². The summed E-state index contributed by atoms with van der Waals surface area (Å²) in [5, 5.41) is 3.90. The lowest BCUT2D eigenvalue weighted by molar-refractivity contribution is 0.360. The Morgan fingerprint density at radius 2 is 1.56 bits per heavy atom. The van der Waals surface area contributed by atoms with Crippen molar-refractivity contribution in [1.82, 2.24) is 4.90 Å². The van der Waals surface area contributed by atoms with Crippen molar-refractivity contribution in [1.29, 1.82) is 0 Å². The zero-order valence-electron chi connectivity index (χ0n) is 15.3. The summed E-state index contributed by atoms with van der Waals surface area (Å²) in [6.45, 7) is 1.22. The number of anilines is 1. The summed E-state index contributed by atoms with van der Waals surface area (Å²) in [6, 6.07) is 19.4. The Morgan fingerprint density at radius 1 is 0.926 bits per heavy atom. The Morgan fingerprint density at radius 3 is 2.11 bits per heavy atom. The summed E-state index contributed by atoms with van der Waals surface area (Å²) < 4.78 is 15.9. The van der Waals surface area contributed by atoms with Gasteiger partial charge in [-0.2, -0.15) is 0 Å². The molecule has 0 saturated heterocycles. The van der Waals surface area contributed by atoms with Gasteiger partial charge in [-0.25, -0.2) is 0 Å². The number of nitrogens with zero attached hydrogens (tertiary/aromatic N) is 1. The predicted octanol–water partition coefficient (Wildman–Crippen LogP) is 4.70. The van der Waals surface area contributed by atoms with Crippen molar-refractivity contribution in [3.63, 3.8) is 0 Å². The minimum Gasteiger partial charge on any atom is -0.497 e. The van der Waals surface area contributed by atoms with Gasteiger partial charge < -0.3 is 24.1 Å². The molecule has 0 aliphatic rings. The molecule has 0 aliphatic heterocycles. The molecule has 0 saturated carbocycles. The average Bonchev–Trinajstić information content (AvgIpc) is 3.22. The number of rotatable bonds is 7. The lowest BCUT2D eigenvalue weighted by atomic mass is 10.2. The number of thiocarbonyl (C=S) groups is 1. The zero-order chi connectivity index (χ0) is 19.1. The van der Waals surface area contributed by atoms with Crippen molar-refractivity contribution in [2.75, 3.05) is 19.5 Å². The van der Waals surface area contributed by atoms with E-state index >= 15 is 0 Å². The van der Waals surface area contributed by atoms with Crippen LogP contribution in [-0.2, 0) is 13.1 Å². The Kier molecular flexibility index (Phi) is 6.33. The van der Waals surface area contributed by atoms with Crippen LogP contribution in [0.15, 0.2) is 71.3 Å². The van der Waals surface area contributed by atoms with Crippen LogP contribution in [0.4, 0.5) is 5.69 Å². The largest absolute Gasteiger partial charge is 0.497 e. The lowest BCUT2D eigenvalue weighted by Gasteiger charge is -2.25. The minimum absolute atomic E-state index is 0.570. The first kappa shape index (κ1) is 18.8. The molecular weight excluding hydrogens is 360 g/mol. The average molecular weight is 382 g/mol. The number of nitrogens with one attached hydrogen (secondary N) is 1. The summed E-state index contributed by atoms with van der Waals surface area (Å²) in [5.74, 6) is 2.48. The summed E-state index contributed by atoms with van der Waals surface area (Å²) in [5.41, 5.74) is 2.03. The number of hydrogen-bond acceptors (Lipinski definition) is 4. The molecule has 5 nitrogen and oxygen atoms in total. The molecule has 27 heavy (non-hydrogen) atoms. The second-order valence-electron chi connectivity index (χ2n) is 5.94. The molecule has 0 bridgehead atoms. The number of methoxy groups -OCH3 is 2. The Bertz CT molecular complexity index is 846. The normalized spacial score (nSPS) is 10.3. The van der Waals surface area contributed by atoms with E-state index in [1.165, 1.54) is 0 Å². The van der Waals surface area contributed by atoms with Crippen LogP contribution in [-0.4, -0.2) is 24.2 Å². The third-order valence-corrected chi connectivity index (χ3v) is 4.45. The SMILES string of the molecule is COc1ccc(CN(Cc2ccco2)C(=S)Nc2ccc(OC)cc2)cc1. The molecule has 1 N–H and O–H groups in total. The number of ether oxygens (including phenoxy) is 2. The molecule has 2 aromatic carbocycles. The van der Waals surface area contributed by atoms with Crippen LogP contribution in [0.2, 0.25) is 0 Å². The number of benzene rings is 2. The highest BCUT2D eigenvalue weighted by atomic mass is 32.1. The lowest BCUT2D eigenvalue weighted by Crippen LogP contribution is -2.33. The van der Waals surface area contributed by atoms with E-state index in [-0.39, 0.29) is 0 Å². The Balaban J connectivity index is 1.73. The predicted molar refractivity (Wildman–Crippen MR) is 110 cm³/mol. The van der Waals surface area contributed by atoms with Gasteiger partial charge in [0.05, 0.1) is 27.0 Å². The summed E-state index contributed by atoms with van der Waals surface area (Å²) in [4.78, 5) is 2.06. The maximum Gasteiger partial charge on any atom is 0.174 e. The monoisotopic (exact) mass is 382 g/mol. The van der Waals surface area contributed by atoms with E-state index < -0.39 is 0 Å². The van der Waals surface area contributed by atoms with E-state index in [1.807, 2.05) is 60.7 Å². The van der Waals surface area contributed by atoms with Crippen molar-refractivity contribution in [3.8, 4) is 11.5 Å². The van der Waals surface area contributed by atoms with Gasteiger partial charge in [0.2, 0.25) is 0 Å². The standard InChI is InChI=1S/C21H22N2O3S/c1-24-18-9-5-16(6-10-18)14-23(15-20-4-3-13-26-20)21(27)22-17-7-11-19(25-2)12-8-17/h3-13H,14-15H2,1-2H3,(H,22,27). The molecule has 0 atom stereocenters. The van der Waals surface area contributed by atoms with Crippen molar-refractivity contribution < 1.29 is 13.9 Å². The van der Waals surface area contributed by atoms with Crippen LogP contribution in [0, 0.1) is 0 Å². The van der Waals surface area contributed by atoms with Gasteiger partial charge in [-0.05, 0) is 66.3 Å². The van der Waals surface area contributed by atoms with E-state index in [1.54, 1.807) is 20.5 Å². The van der Waals surface area contributed by atoms with Gasteiger partial charge in [0.1, 0.15) is 17.3 Å². The van der Waals surface area contributed by atoms with Crippen molar-refractivity contribution in [2.45, 2.75) is 13.1 Å². The topological polar surface area (TPSA) is 46.9 Å². The number of hydrogen-bond donors (Lipinski definition) is 1. The van der Waals surface area contributed by atoms with Crippen molar-refractivity contribution in [2.24, 2.45) is 0 Å². The summed E-state index contributed by atoms with van der Waals surface area (Å²) in [7, 11) is 3.30. The van der Waals surface area contributed by atoms with Crippen molar-refractivity contribution >= 4 is 23.0 Å². The molecule has 0 radical (unpaired) electrons. The van der Waals surface area contributed by atoms with E-state index in [2.05, 4.69) is 10.2 Å². The molecule has 0 aliphatic carbocycles. The van der Waals surface area contributed by atoms with E-state index in [0.717, 1.165) is 28.5 Å².